The van der Waals surface area contributed by atoms with Crippen molar-refractivity contribution in [2.45, 2.75) is 13.0 Å². The van der Waals surface area contributed by atoms with E-state index in [0.29, 0.717) is 16.4 Å². The number of hydrogen-bond donors (Lipinski definition) is 1. The van der Waals surface area contributed by atoms with E-state index in [1.807, 2.05) is 36.6 Å². The lowest BCUT2D eigenvalue weighted by Gasteiger charge is -2.16. The lowest BCUT2D eigenvalue weighted by molar-refractivity contribution is 0.0944. The summed E-state index contributed by atoms with van der Waals surface area (Å²) in [5.74, 6) is 1.26. The van der Waals surface area contributed by atoms with Crippen LogP contribution in [0.3, 0.4) is 0 Å². The Hall–Kier alpha value is -2.01. The highest BCUT2D eigenvalue weighted by Crippen LogP contribution is 2.30. The molecular formula is C15H17NO3S. The third kappa shape index (κ3) is 3.11. The smallest absolute Gasteiger partial charge is 0.261 e. The van der Waals surface area contributed by atoms with Crippen LogP contribution in [0.4, 0.5) is 0 Å². The first kappa shape index (κ1) is 14.4. The molecule has 0 radical (unpaired) electrons. The van der Waals surface area contributed by atoms with E-state index < -0.39 is 0 Å². The molecule has 2 rings (SSSR count). The normalized spacial score (nSPS) is 11.8. The number of nitrogens with one attached hydrogen (secondary N) is 1. The Morgan fingerprint density at radius 2 is 1.95 bits per heavy atom. The second-order valence-corrected chi connectivity index (χ2v) is 5.23. The molecule has 1 heterocycles. The third-order valence-corrected chi connectivity index (χ3v) is 3.87. The fraction of sp³-hybridized carbons (Fsp3) is 0.267. The van der Waals surface area contributed by atoms with Crippen molar-refractivity contribution in [3.63, 3.8) is 0 Å². The summed E-state index contributed by atoms with van der Waals surface area (Å²) >= 11 is 1.43. The quantitative estimate of drug-likeness (QED) is 0.920. The first-order valence-corrected chi connectivity index (χ1v) is 7.10. The van der Waals surface area contributed by atoms with Crippen molar-refractivity contribution in [3.05, 3.63) is 46.2 Å². The van der Waals surface area contributed by atoms with Crippen molar-refractivity contribution in [2.24, 2.45) is 0 Å². The van der Waals surface area contributed by atoms with Crippen LogP contribution in [-0.4, -0.2) is 20.1 Å². The van der Waals surface area contributed by atoms with E-state index in [1.165, 1.54) is 11.3 Å². The number of ether oxygens (including phenoxy) is 2. The van der Waals surface area contributed by atoms with Crippen molar-refractivity contribution in [1.82, 2.24) is 5.32 Å². The summed E-state index contributed by atoms with van der Waals surface area (Å²) in [6.07, 6.45) is 0. The first-order valence-electron chi connectivity index (χ1n) is 6.22. The summed E-state index contributed by atoms with van der Waals surface area (Å²) in [4.78, 5) is 12.7. The van der Waals surface area contributed by atoms with Gasteiger partial charge in [-0.05, 0) is 36.1 Å². The molecule has 0 saturated heterocycles. The lowest BCUT2D eigenvalue weighted by Crippen LogP contribution is -2.25. The molecule has 1 aromatic heterocycles. The maximum absolute atomic E-state index is 12.0. The molecule has 1 amide bonds. The van der Waals surface area contributed by atoms with E-state index >= 15 is 0 Å². The summed E-state index contributed by atoms with van der Waals surface area (Å²) in [7, 11) is 3.19. The molecule has 0 fully saturated rings. The van der Waals surface area contributed by atoms with Crippen LogP contribution in [0.15, 0.2) is 35.7 Å². The Bertz CT molecular complexity index is 581. The number of rotatable bonds is 5. The van der Waals surface area contributed by atoms with Gasteiger partial charge in [-0.1, -0.05) is 12.1 Å². The van der Waals surface area contributed by atoms with Gasteiger partial charge in [0.25, 0.3) is 5.91 Å². The fourth-order valence-corrected chi connectivity index (χ4v) is 2.51. The zero-order chi connectivity index (χ0) is 14.5. The van der Waals surface area contributed by atoms with Crippen LogP contribution in [0.5, 0.6) is 11.5 Å². The van der Waals surface area contributed by atoms with Gasteiger partial charge in [0.15, 0.2) is 11.5 Å². The topological polar surface area (TPSA) is 47.6 Å². The standard InChI is InChI=1S/C15H17NO3S/c1-10(16-15(17)14-5-4-8-20-14)11-6-7-12(18-2)13(9-11)19-3/h4-10H,1-3H3,(H,16,17). The van der Waals surface area contributed by atoms with Gasteiger partial charge in [-0.15, -0.1) is 11.3 Å². The second-order valence-electron chi connectivity index (χ2n) is 4.29. The molecule has 0 bridgehead atoms. The molecule has 1 atom stereocenters. The summed E-state index contributed by atoms with van der Waals surface area (Å²) < 4.78 is 10.5. The van der Waals surface area contributed by atoms with Crippen LogP contribution in [0, 0.1) is 0 Å². The molecule has 0 aliphatic heterocycles. The van der Waals surface area contributed by atoms with Crippen molar-refractivity contribution in [3.8, 4) is 11.5 Å². The number of carbonyl (C=O) groups excluding carboxylic acids is 1. The van der Waals surface area contributed by atoms with Crippen LogP contribution in [0.25, 0.3) is 0 Å². The third-order valence-electron chi connectivity index (χ3n) is 3.00. The molecule has 2 aromatic rings. The SMILES string of the molecule is COc1ccc(C(C)NC(=O)c2cccs2)cc1OC. The highest BCUT2D eigenvalue weighted by molar-refractivity contribution is 7.12. The predicted molar refractivity (Wildman–Crippen MR) is 79.7 cm³/mol. The second kappa shape index (κ2) is 6.43. The van der Waals surface area contributed by atoms with Gasteiger partial charge < -0.3 is 14.8 Å². The first-order chi connectivity index (χ1) is 9.65. The molecule has 0 spiro atoms. The average Bonchev–Trinajstić information content (AvgIpc) is 3.00. The Kier molecular flexibility index (Phi) is 4.63. The Morgan fingerprint density at radius 1 is 1.20 bits per heavy atom. The van der Waals surface area contributed by atoms with E-state index in [0.717, 1.165) is 5.56 Å². The largest absolute Gasteiger partial charge is 0.493 e. The van der Waals surface area contributed by atoms with Gasteiger partial charge in [0.1, 0.15) is 0 Å². The van der Waals surface area contributed by atoms with E-state index in [2.05, 4.69) is 5.32 Å². The maximum Gasteiger partial charge on any atom is 0.261 e. The number of methoxy groups -OCH3 is 2. The molecule has 1 N–H and O–H groups in total. The van der Waals surface area contributed by atoms with E-state index in [1.54, 1.807) is 20.3 Å². The molecular weight excluding hydrogens is 274 g/mol. The zero-order valence-electron chi connectivity index (χ0n) is 11.7. The van der Waals surface area contributed by atoms with Crippen molar-refractivity contribution in [1.29, 1.82) is 0 Å². The summed E-state index contributed by atoms with van der Waals surface area (Å²) in [6.45, 7) is 1.94. The number of amides is 1. The Labute approximate surface area is 122 Å². The van der Waals surface area contributed by atoms with Gasteiger partial charge in [0.2, 0.25) is 0 Å². The minimum atomic E-state index is -0.107. The average molecular weight is 291 g/mol. The van der Waals surface area contributed by atoms with Crippen LogP contribution in [-0.2, 0) is 0 Å². The molecule has 106 valence electrons. The monoisotopic (exact) mass is 291 g/mol. The number of thiophene rings is 1. The van der Waals surface area contributed by atoms with Gasteiger partial charge >= 0.3 is 0 Å². The van der Waals surface area contributed by atoms with Crippen LogP contribution < -0.4 is 14.8 Å². The molecule has 0 aliphatic rings. The fourth-order valence-electron chi connectivity index (χ4n) is 1.88. The van der Waals surface area contributed by atoms with E-state index in [-0.39, 0.29) is 11.9 Å². The molecule has 1 aromatic carbocycles. The maximum atomic E-state index is 12.0. The van der Waals surface area contributed by atoms with Crippen molar-refractivity contribution < 1.29 is 14.3 Å². The van der Waals surface area contributed by atoms with Gasteiger partial charge in [-0.2, -0.15) is 0 Å². The minimum absolute atomic E-state index is 0.0673. The van der Waals surface area contributed by atoms with E-state index in [4.69, 9.17) is 9.47 Å². The molecule has 20 heavy (non-hydrogen) atoms. The van der Waals surface area contributed by atoms with E-state index in [9.17, 15) is 4.79 Å². The Morgan fingerprint density at radius 3 is 2.55 bits per heavy atom. The minimum Gasteiger partial charge on any atom is -0.493 e. The van der Waals surface area contributed by atoms with Gasteiger partial charge in [0.05, 0.1) is 25.1 Å². The zero-order valence-corrected chi connectivity index (χ0v) is 12.5. The van der Waals surface area contributed by atoms with Crippen LogP contribution >= 0.6 is 11.3 Å². The molecule has 5 heteroatoms. The van der Waals surface area contributed by atoms with Gasteiger partial charge in [-0.3, -0.25) is 4.79 Å². The van der Waals surface area contributed by atoms with Crippen LogP contribution in [0.1, 0.15) is 28.2 Å². The van der Waals surface area contributed by atoms with Crippen molar-refractivity contribution in [2.75, 3.05) is 14.2 Å². The molecule has 4 nitrogen and oxygen atoms in total. The number of hydrogen-bond acceptors (Lipinski definition) is 4. The highest BCUT2D eigenvalue weighted by Gasteiger charge is 2.14. The lowest BCUT2D eigenvalue weighted by atomic mass is 10.1. The summed E-state index contributed by atoms with van der Waals surface area (Å²) in [5, 5.41) is 4.85. The highest BCUT2D eigenvalue weighted by atomic mass is 32.1. The summed E-state index contributed by atoms with van der Waals surface area (Å²) in [6, 6.07) is 9.19. The summed E-state index contributed by atoms with van der Waals surface area (Å²) in [5.41, 5.74) is 0.965. The predicted octanol–water partition coefficient (Wildman–Crippen LogP) is 3.26. The number of carbonyl (C=O) groups is 1. The molecule has 0 saturated carbocycles. The molecule has 0 aliphatic carbocycles. The Balaban J connectivity index is 2.13. The number of benzene rings is 1. The van der Waals surface area contributed by atoms with Gasteiger partial charge in [-0.25, -0.2) is 0 Å². The van der Waals surface area contributed by atoms with Gasteiger partial charge in [0, 0.05) is 0 Å². The van der Waals surface area contributed by atoms with Crippen LogP contribution in [0.2, 0.25) is 0 Å². The molecule has 1 unspecified atom stereocenters. The van der Waals surface area contributed by atoms with Crippen molar-refractivity contribution >= 4 is 17.2 Å².